The average molecular weight is 188 g/mol. The lowest BCUT2D eigenvalue weighted by molar-refractivity contribution is -0.142. The molecule has 66 valence electrons. The maximum Gasteiger partial charge on any atom is 0.330 e. The van der Waals surface area contributed by atoms with Gasteiger partial charge < -0.3 is 9.72 Å². The lowest BCUT2D eigenvalue weighted by atomic mass is 10.3. The number of carbonyl (C=O) groups is 1. The lowest BCUT2D eigenvalue weighted by Crippen LogP contribution is -2.11. The number of hydrogen-bond donors (Lipinski definition) is 1. The number of H-pyrrole nitrogens is 1. The van der Waals surface area contributed by atoms with E-state index >= 15 is 0 Å². The van der Waals surface area contributed by atoms with Crippen molar-refractivity contribution >= 4 is 17.6 Å². The second kappa shape index (κ2) is 4.16. The zero-order chi connectivity index (χ0) is 8.97. The molecule has 0 aromatic carbocycles. The zero-order valence-corrected chi connectivity index (χ0v) is 7.47. The van der Waals surface area contributed by atoms with E-state index in [0.717, 1.165) is 0 Å². The summed E-state index contributed by atoms with van der Waals surface area (Å²) in [6.45, 7) is 2.10. The molecule has 1 rings (SSSR count). The monoisotopic (exact) mass is 187 g/mol. The van der Waals surface area contributed by atoms with E-state index < -0.39 is 11.3 Å². The standard InChI is InChI=1S/C8H10ClNO2/c1-2-12-8(11)7(9)6-4-3-5-10-6/h3-5,7,10H,2H2,1H3. The minimum absolute atomic E-state index is 0.350. The molecule has 0 fully saturated rings. The van der Waals surface area contributed by atoms with Crippen molar-refractivity contribution < 1.29 is 9.53 Å². The number of aromatic nitrogens is 1. The van der Waals surface area contributed by atoms with E-state index in [9.17, 15) is 4.79 Å². The van der Waals surface area contributed by atoms with Gasteiger partial charge in [-0.2, -0.15) is 0 Å². The number of esters is 1. The molecule has 1 N–H and O–H groups in total. The van der Waals surface area contributed by atoms with Gasteiger partial charge in [0.15, 0.2) is 5.38 Å². The van der Waals surface area contributed by atoms with E-state index in [4.69, 9.17) is 16.3 Å². The van der Waals surface area contributed by atoms with Gasteiger partial charge in [0.1, 0.15) is 0 Å². The number of carbonyl (C=O) groups excluding carboxylic acids is 1. The first kappa shape index (κ1) is 9.13. The van der Waals surface area contributed by atoms with Gasteiger partial charge in [0.05, 0.1) is 6.61 Å². The van der Waals surface area contributed by atoms with Gasteiger partial charge in [0.2, 0.25) is 0 Å². The van der Waals surface area contributed by atoms with E-state index in [1.54, 1.807) is 25.3 Å². The molecule has 0 amide bonds. The molecule has 1 atom stereocenters. The van der Waals surface area contributed by atoms with Crippen LogP contribution in [0, 0.1) is 0 Å². The van der Waals surface area contributed by atoms with Gasteiger partial charge in [0, 0.05) is 11.9 Å². The predicted molar refractivity (Wildman–Crippen MR) is 46.0 cm³/mol. The number of alkyl halides is 1. The normalized spacial score (nSPS) is 12.5. The fourth-order valence-corrected chi connectivity index (χ4v) is 1.04. The molecule has 0 aliphatic heterocycles. The molecule has 0 radical (unpaired) electrons. The largest absolute Gasteiger partial charge is 0.465 e. The summed E-state index contributed by atoms with van der Waals surface area (Å²) < 4.78 is 4.74. The Morgan fingerprint density at radius 3 is 3.08 bits per heavy atom. The lowest BCUT2D eigenvalue weighted by Gasteiger charge is -2.05. The summed E-state index contributed by atoms with van der Waals surface area (Å²) >= 11 is 5.77. The Morgan fingerprint density at radius 1 is 1.83 bits per heavy atom. The SMILES string of the molecule is CCOC(=O)C(Cl)c1ccc[nH]1. The highest BCUT2D eigenvalue weighted by Gasteiger charge is 2.18. The number of hydrogen-bond acceptors (Lipinski definition) is 2. The third kappa shape index (κ3) is 2.01. The van der Waals surface area contributed by atoms with Crippen LogP contribution in [-0.2, 0) is 9.53 Å². The molecule has 1 aromatic heterocycles. The summed E-state index contributed by atoms with van der Waals surface area (Å²) in [6, 6.07) is 3.53. The highest BCUT2D eigenvalue weighted by molar-refractivity contribution is 6.29. The van der Waals surface area contributed by atoms with Gasteiger partial charge in [-0.1, -0.05) is 0 Å². The first-order chi connectivity index (χ1) is 5.75. The number of aromatic amines is 1. The number of nitrogens with one attached hydrogen (secondary N) is 1. The minimum Gasteiger partial charge on any atom is -0.465 e. The summed E-state index contributed by atoms with van der Waals surface area (Å²) in [7, 11) is 0. The van der Waals surface area contributed by atoms with E-state index in [1.165, 1.54) is 0 Å². The van der Waals surface area contributed by atoms with Crippen LogP contribution in [0.2, 0.25) is 0 Å². The molecule has 0 saturated heterocycles. The van der Waals surface area contributed by atoms with E-state index in [-0.39, 0.29) is 0 Å². The molecular weight excluding hydrogens is 178 g/mol. The van der Waals surface area contributed by atoms with E-state index in [0.29, 0.717) is 12.3 Å². The molecule has 0 aliphatic carbocycles. The maximum atomic E-state index is 11.1. The molecule has 1 heterocycles. The van der Waals surface area contributed by atoms with Crippen LogP contribution in [0.3, 0.4) is 0 Å². The van der Waals surface area contributed by atoms with E-state index in [2.05, 4.69) is 4.98 Å². The third-order valence-electron chi connectivity index (χ3n) is 1.39. The molecule has 0 saturated carbocycles. The van der Waals surface area contributed by atoms with Crippen LogP contribution in [-0.4, -0.2) is 17.6 Å². The maximum absolute atomic E-state index is 11.1. The summed E-state index contributed by atoms with van der Waals surface area (Å²) in [5.74, 6) is -0.415. The number of rotatable bonds is 3. The van der Waals surface area contributed by atoms with Gasteiger partial charge in [-0.3, -0.25) is 4.79 Å². The van der Waals surface area contributed by atoms with Crippen molar-refractivity contribution in [2.45, 2.75) is 12.3 Å². The van der Waals surface area contributed by atoms with Crippen LogP contribution in [0.1, 0.15) is 18.0 Å². The summed E-state index contributed by atoms with van der Waals surface area (Å²) in [6.07, 6.45) is 1.71. The van der Waals surface area contributed by atoms with Crippen LogP contribution in [0.25, 0.3) is 0 Å². The average Bonchev–Trinajstić information content (AvgIpc) is 2.55. The highest BCUT2D eigenvalue weighted by atomic mass is 35.5. The second-order valence-electron chi connectivity index (χ2n) is 2.24. The Bertz CT molecular complexity index is 246. The summed E-state index contributed by atoms with van der Waals surface area (Å²) in [5.41, 5.74) is 0.662. The van der Waals surface area contributed by atoms with Gasteiger partial charge in [-0.15, -0.1) is 11.6 Å². The molecule has 0 bridgehead atoms. The molecule has 4 heteroatoms. The molecule has 0 aliphatic rings. The Labute approximate surface area is 75.7 Å². The van der Waals surface area contributed by atoms with Crippen molar-refractivity contribution in [2.24, 2.45) is 0 Å². The smallest absolute Gasteiger partial charge is 0.330 e. The minimum atomic E-state index is -0.722. The molecule has 12 heavy (non-hydrogen) atoms. The third-order valence-corrected chi connectivity index (χ3v) is 1.80. The number of ether oxygens (including phenoxy) is 1. The molecule has 1 aromatic rings. The Balaban J connectivity index is 2.59. The molecule has 0 spiro atoms. The fraction of sp³-hybridized carbons (Fsp3) is 0.375. The van der Waals surface area contributed by atoms with Crippen molar-refractivity contribution in [1.82, 2.24) is 4.98 Å². The first-order valence-electron chi connectivity index (χ1n) is 3.69. The van der Waals surface area contributed by atoms with Crippen molar-refractivity contribution in [3.63, 3.8) is 0 Å². The Morgan fingerprint density at radius 2 is 2.58 bits per heavy atom. The number of halogens is 1. The van der Waals surface area contributed by atoms with Crippen LogP contribution >= 0.6 is 11.6 Å². The molecule has 3 nitrogen and oxygen atoms in total. The Hall–Kier alpha value is -0.960. The van der Waals surface area contributed by atoms with Crippen LogP contribution in [0.4, 0.5) is 0 Å². The van der Waals surface area contributed by atoms with E-state index in [1.807, 2.05) is 0 Å². The van der Waals surface area contributed by atoms with Crippen molar-refractivity contribution in [3.05, 3.63) is 24.0 Å². The van der Waals surface area contributed by atoms with Crippen LogP contribution < -0.4 is 0 Å². The molecular formula is C8H10ClNO2. The zero-order valence-electron chi connectivity index (χ0n) is 6.71. The van der Waals surface area contributed by atoms with Gasteiger partial charge >= 0.3 is 5.97 Å². The van der Waals surface area contributed by atoms with Crippen molar-refractivity contribution in [2.75, 3.05) is 6.61 Å². The highest BCUT2D eigenvalue weighted by Crippen LogP contribution is 2.19. The van der Waals surface area contributed by atoms with Crippen LogP contribution in [0.15, 0.2) is 18.3 Å². The second-order valence-corrected chi connectivity index (χ2v) is 2.68. The van der Waals surface area contributed by atoms with Crippen molar-refractivity contribution in [3.8, 4) is 0 Å². The van der Waals surface area contributed by atoms with Gasteiger partial charge in [0.25, 0.3) is 0 Å². The predicted octanol–water partition coefficient (Wildman–Crippen LogP) is 1.86. The van der Waals surface area contributed by atoms with Crippen molar-refractivity contribution in [1.29, 1.82) is 0 Å². The molecule has 1 unspecified atom stereocenters. The fourth-order valence-electron chi connectivity index (χ4n) is 0.844. The topological polar surface area (TPSA) is 42.1 Å². The first-order valence-corrected chi connectivity index (χ1v) is 4.13. The van der Waals surface area contributed by atoms with Gasteiger partial charge in [-0.25, -0.2) is 0 Å². The summed E-state index contributed by atoms with van der Waals surface area (Å²) in [4.78, 5) is 13.9. The van der Waals surface area contributed by atoms with Gasteiger partial charge in [-0.05, 0) is 19.1 Å². The summed E-state index contributed by atoms with van der Waals surface area (Å²) in [5, 5.41) is -0.722. The van der Waals surface area contributed by atoms with Crippen LogP contribution in [0.5, 0.6) is 0 Å². The quantitative estimate of drug-likeness (QED) is 0.580. The Kier molecular flexibility index (Phi) is 3.17.